The van der Waals surface area contributed by atoms with Crippen molar-refractivity contribution < 1.29 is 4.42 Å². The largest absolute Gasteiger partial charge is 0.416 e. The molecule has 8 nitrogen and oxygen atoms in total. The molecule has 3 aromatic rings. The molecule has 3 heterocycles. The molecule has 0 saturated carbocycles. The van der Waals surface area contributed by atoms with Crippen LogP contribution in [0.2, 0.25) is 0 Å². The highest BCUT2D eigenvalue weighted by atomic mass is 32.2. The third kappa shape index (κ3) is 2.24. The molecule has 0 amide bonds. The van der Waals surface area contributed by atoms with Gasteiger partial charge >= 0.3 is 0 Å². The molecule has 0 aromatic carbocycles. The van der Waals surface area contributed by atoms with Crippen LogP contribution in [0.1, 0.15) is 11.7 Å². The number of hydrogen-bond donors (Lipinski definition) is 1. The summed E-state index contributed by atoms with van der Waals surface area (Å²) in [5.74, 6) is 2.07. The van der Waals surface area contributed by atoms with Gasteiger partial charge in [0.1, 0.15) is 11.6 Å². The van der Waals surface area contributed by atoms with Crippen molar-refractivity contribution in [3.8, 4) is 0 Å². The highest BCUT2D eigenvalue weighted by Gasteiger charge is 2.11. The zero-order valence-electron chi connectivity index (χ0n) is 10.4. The quantitative estimate of drug-likeness (QED) is 0.704. The summed E-state index contributed by atoms with van der Waals surface area (Å²) in [5.41, 5.74) is 6.59. The Morgan fingerprint density at radius 3 is 2.95 bits per heavy atom. The number of aryl methyl sites for hydroxylation is 2. The number of aromatic nitrogens is 6. The summed E-state index contributed by atoms with van der Waals surface area (Å²) < 4.78 is 6.93. The minimum atomic E-state index is 0.426. The predicted molar refractivity (Wildman–Crippen MR) is 69.3 cm³/mol. The molecular weight excluding hydrogens is 266 g/mol. The van der Waals surface area contributed by atoms with E-state index in [4.69, 9.17) is 10.2 Å². The van der Waals surface area contributed by atoms with Gasteiger partial charge in [-0.2, -0.15) is 5.10 Å². The Morgan fingerprint density at radius 2 is 2.21 bits per heavy atom. The fraction of sp³-hybridized carbons (Fsp3) is 0.300. The summed E-state index contributed by atoms with van der Waals surface area (Å²) in [6.45, 7) is 1.74. The second-order valence-electron chi connectivity index (χ2n) is 3.91. The van der Waals surface area contributed by atoms with Gasteiger partial charge < -0.3 is 10.2 Å². The molecule has 0 radical (unpaired) electrons. The van der Waals surface area contributed by atoms with E-state index in [0.29, 0.717) is 34.2 Å². The summed E-state index contributed by atoms with van der Waals surface area (Å²) in [5, 5.41) is 13.0. The zero-order valence-corrected chi connectivity index (χ0v) is 11.2. The van der Waals surface area contributed by atoms with E-state index in [1.807, 2.05) is 7.05 Å². The Kier molecular flexibility index (Phi) is 2.82. The highest BCUT2D eigenvalue weighted by Crippen LogP contribution is 2.22. The van der Waals surface area contributed by atoms with Crippen LogP contribution in [0.3, 0.4) is 0 Å². The maximum atomic E-state index is 5.88. The van der Waals surface area contributed by atoms with Crippen LogP contribution in [0, 0.1) is 6.92 Å². The minimum Gasteiger partial charge on any atom is -0.416 e. The SMILES string of the molecule is Cc1nnc(SCc2nc(N)c3cnn(C)c3n2)o1. The molecule has 0 fully saturated rings. The molecule has 0 aliphatic rings. The first-order valence-electron chi connectivity index (χ1n) is 5.50. The van der Waals surface area contributed by atoms with Gasteiger partial charge in [-0.15, -0.1) is 10.2 Å². The van der Waals surface area contributed by atoms with Crippen molar-refractivity contribution in [2.45, 2.75) is 17.9 Å². The first kappa shape index (κ1) is 11.9. The van der Waals surface area contributed by atoms with Crippen molar-refractivity contribution >= 4 is 28.6 Å². The first-order valence-corrected chi connectivity index (χ1v) is 6.49. The van der Waals surface area contributed by atoms with Gasteiger partial charge in [0.05, 0.1) is 17.3 Å². The molecule has 3 aromatic heterocycles. The summed E-state index contributed by atoms with van der Waals surface area (Å²) in [4.78, 5) is 8.66. The van der Waals surface area contributed by atoms with Gasteiger partial charge in [-0.1, -0.05) is 11.8 Å². The van der Waals surface area contributed by atoms with Gasteiger partial charge in [-0.25, -0.2) is 9.97 Å². The standard InChI is InChI=1S/C10H11N7OS/c1-5-15-16-10(18-5)19-4-7-13-8(11)6-3-12-17(2)9(6)14-7/h3H,4H2,1-2H3,(H2,11,13,14). The molecule has 3 rings (SSSR count). The smallest absolute Gasteiger partial charge is 0.277 e. The van der Waals surface area contributed by atoms with Gasteiger partial charge in [-0.3, -0.25) is 4.68 Å². The lowest BCUT2D eigenvalue weighted by molar-refractivity contribution is 0.429. The van der Waals surface area contributed by atoms with Crippen LogP contribution in [-0.2, 0) is 12.8 Å². The monoisotopic (exact) mass is 277 g/mol. The third-order valence-corrected chi connectivity index (χ3v) is 3.31. The van der Waals surface area contributed by atoms with Gasteiger partial charge in [0.2, 0.25) is 5.89 Å². The number of hydrogen-bond acceptors (Lipinski definition) is 8. The fourth-order valence-electron chi connectivity index (χ4n) is 1.62. The van der Waals surface area contributed by atoms with E-state index in [-0.39, 0.29) is 0 Å². The predicted octanol–water partition coefficient (Wildman–Crippen LogP) is 0.929. The lowest BCUT2D eigenvalue weighted by atomic mass is 10.4. The first-order chi connectivity index (χ1) is 9.13. The molecule has 0 aliphatic heterocycles. The van der Waals surface area contributed by atoms with Crippen molar-refractivity contribution in [1.29, 1.82) is 0 Å². The minimum absolute atomic E-state index is 0.426. The van der Waals surface area contributed by atoms with Gasteiger partial charge in [-0.05, 0) is 0 Å². The molecule has 0 bridgehead atoms. The molecule has 19 heavy (non-hydrogen) atoms. The molecule has 0 unspecified atom stereocenters. The number of nitrogens with zero attached hydrogens (tertiary/aromatic N) is 6. The van der Waals surface area contributed by atoms with Crippen LogP contribution in [0.25, 0.3) is 11.0 Å². The molecule has 0 saturated heterocycles. The van der Waals surface area contributed by atoms with E-state index in [0.717, 1.165) is 5.39 Å². The van der Waals surface area contributed by atoms with E-state index in [1.165, 1.54) is 11.8 Å². The normalized spacial score (nSPS) is 11.3. The molecule has 9 heteroatoms. The second-order valence-corrected chi connectivity index (χ2v) is 4.83. The van der Waals surface area contributed by atoms with Crippen molar-refractivity contribution in [3.63, 3.8) is 0 Å². The number of anilines is 1. The number of nitrogen functional groups attached to an aromatic ring is 1. The van der Waals surface area contributed by atoms with Gasteiger partial charge in [0, 0.05) is 14.0 Å². The topological polar surface area (TPSA) is 109 Å². The molecular formula is C10H11N7OS. The van der Waals surface area contributed by atoms with Crippen LogP contribution >= 0.6 is 11.8 Å². The third-order valence-electron chi connectivity index (χ3n) is 2.50. The van der Waals surface area contributed by atoms with E-state index in [2.05, 4.69) is 25.3 Å². The van der Waals surface area contributed by atoms with Crippen molar-refractivity contribution in [1.82, 2.24) is 29.9 Å². The number of rotatable bonds is 3. The Bertz CT molecular complexity index is 735. The lowest BCUT2D eigenvalue weighted by Crippen LogP contribution is -2.01. The lowest BCUT2D eigenvalue weighted by Gasteiger charge is -2.01. The van der Waals surface area contributed by atoms with E-state index in [1.54, 1.807) is 17.8 Å². The Hall–Kier alpha value is -2.16. The molecule has 0 spiro atoms. The van der Waals surface area contributed by atoms with Crippen molar-refractivity contribution in [3.05, 3.63) is 17.9 Å². The van der Waals surface area contributed by atoms with Gasteiger partial charge in [0.25, 0.3) is 5.22 Å². The Labute approximate surface area is 112 Å². The molecule has 0 aliphatic carbocycles. The van der Waals surface area contributed by atoms with E-state index >= 15 is 0 Å². The summed E-state index contributed by atoms with van der Waals surface area (Å²) in [7, 11) is 1.81. The van der Waals surface area contributed by atoms with Crippen LogP contribution < -0.4 is 5.73 Å². The highest BCUT2D eigenvalue weighted by molar-refractivity contribution is 7.98. The molecule has 98 valence electrons. The summed E-state index contributed by atoms with van der Waals surface area (Å²) in [6.07, 6.45) is 1.66. The molecule has 2 N–H and O–H groups in total. The van der Waals surface area contributed by atoms with Gasteiger partial charge in [0.15, 0.2) is 5.65 Å². The van der Waals surface area contributed by atoms with E-state index in [9.17, 15) is 0 Å². The van der Waals surface area contributed by atoms with Crippen LogP contribution in [0.4, 0.5) is 5.82 Å². The van der Waals surface area contributed by atoms with Crippen LogP contribution in [0.15, 0.2) is 15.8 Å². The number of fused-ring (bicyclic) bond motifs is 1. The van der Waals surface area contributed by atoms with Crippen LogP contribution in [-0.4, -0.2) is 29.9 Å². The maximum Gasteiger partial charge on any atom is 0.277 e. The summed E-state index contributed by atoms with van der Waals surface area (Å²) in [6, 6.07) is 0. The van der Waals surface area contributed by atoms with E-state index < -0.39 is 0 Å². The summed E-state index contributed by atoms with van der Waals surface area (Å²) >= 11 is 1.37. The van der Waals surface area contributed by atoms with Crippen LogP contribution in [0.5, 0.6) is 0 Å². The Morgan fingerprint density at radius 1 is 1.37 bits per heavy atom. The Balaban J connectivity index is 1.86. The second kappa shape index (κ2) is 4.50. The number of thioether (sulfide) groups is 1. The van der Waals surface area contributed by atoms with Crippen molar-refractivity contribution in [2.75, 3.05) is 5.73 Å². The molecule has 0 atom stereocenters. The van der Waals surface area contributed by atoms with Crippen molar-refractivity contribution in [2.24, 2.45) is 7.05 Å². The average Bonchev–Trinajstić information content (AvgIpc) is 2.95. The fourth-order valence-corrected chi connectivity index (χ4v) is 2.28. The zero-order chi connectivity index (χ0) is 13.4. The maximum absolute atomic E-state index is 5.88. The number of nitrogens with two attached hydrogens (primary N) is 1. The average molecular weight is 277 g/mol.